The zero-order chi connectivity index (χ0) is 57.6. The van der Waals surface area contributed by atoms with Gasteiger partial charge in [-0.1, -0.05) is 25.3 Å². The summed E-state index contributed by atoms with van der Waals surface area (Å²) in [4.78, 5) is 63.6. The predicted octanol–water partition coefficient (Wildman–Crippen LogP) is 7.42. The zero-order valence-corrected chi connectivity index (χ0v) is 47.8. The van der Waals surface area contributed by atoms with E-state index in [0.717, 1.165) is 98.5 Å². The van der Waals surface area contributed by atoms with E-state index in [0.29, 0.717) is 131 Å². The second-order valence-corrected chi connectivity index (χ2v) is 21.7. The van der Waals surface area contributed by atoms with E-state index >= 15 is 0 Å². The van der Waals surface area contributed by atoms with Gasteiger partial charge in [-0.2, -0.15) is 19.9 Å². The third-order valence-electron chi connectivity index (χ3n) is 16.0. The molecule has 4 aromatic rings. The summed E-state index contributed by atoms with van der Waals surface area (Å²) in [5.74, 6) is 2.33. The summed E-state index contributed by atoms with van der Waals surface area (Å²) in [6, 6.07) is 11.0. The minimum atomic E-state index is -0.509. The van der Waals surface area contributed by atoms with Gasteiger partial charge >= 0.3 is 12.0 Å². The lowest BCUT2D eigenvalue weighted by Gasteiger charge is -2.40. The molecule has 6 aliphatic rings. The average molecular weight is 1130 g/mol. The summed E-state index contributed by atoms with van der Waals surface area (Å²) in [6.45, 7) is 31.7. The van der Waals surface area contributed by atoms with Crippen LogP contribution in [-0.2, 0) is 48.9 Å². The first-order chi connectivity index (χ1) is 39.2. The van der Waals surface area contributed by atoms with Crippen LogP contribution in [0.2, 0.25) is 0 Å². The summed E-state index contributed by atoms with van der Waals surface area (Å²) in [5, 5.41) is -0.509. The number of likely N-dealkylation sites (tertiary alicyclic amines) is 2. The van der Waals surface area contributed by atoms with E-state index in [1.54, 1.807) is 43.4 Å². The molecule has 22 heteroatoms. The number of amides is 1. The number of nitrogens with zero attached hydrogens (tertiary/aromatic N) is 13. The van der Waals surface area contributed by atoms with Crippen molar-refractivity contribution in [3.05, 3.63) is 130 Å². The molecule has 0 radical (unpaired) electrons. The second kappa shape index (κ2) is 28.6. The first-order valence-corrected chi connectivity index (χ1v) is 28.1. The Bertz CT molecular complexity index is 2960. The molecule has 2 aromatic carbocycles. The quantitative estimate of drug-likeness (QED) is 0.0551. The standard InChI is InChI=1S/C29H36FN7O3.C27H35FN6O2.C3H3ClO/c1-5-27(38)37-13-12-36(15-21(37)14-31-2)28-23-17-35(16-22-24(30)9-6-10-26(22)39-4)18-25(23)32-29(33-28)40-19-20-8-7-11-34(20)3;1-29-13-19-7-5-12-34(14-19)26-22-16-33(15-21-23(28)9-4-10-25(21)35-3)17-24(22)30-27(31-26)36-18-20-8-6-11-32(20)2;1-2-3(4)5/h5-6,9-10,20-21H,1,7-8,11-19H2,3-4H3;4,9-10,19-20H,5-8,11-18H2,2-3H3;2H,1H2/t20-,21-;19-,20-;/m00./s1. The first-order valence-electron chi connectivity index (χ1n) is 27.7. The van der Waals surface area contributed by atoms with Crippen molar-refractivity contribution in [2.45, 2.75) is 95.9 Å². The molecule has 0 saturated carbocycles. The van der Waals surface area contributed by atoms with Crippen molar-refractivity contribution < 1.29 is 37.3 Å². The number of methoxy groups -OCH3 is 2. The average Bonchev–Trinajstić information content (AvgIpc) is 4.42. The molecule has 81 heavy (non-hydrogen) atoms. The number of ether oxygens (including phenoxy) is 4. The number of carbonyl (C=O) groups is 2. The van der Waals surface area contributed by atoms with Crippen molar-refractivity contribution in [2.24, 2.45) is 5.92 Å². The van der Waals surface area contributed by atoms with Crippen LogP contribution in [0.25, 0.3) is 9.69 Å². The van der Waals surface area contributed by atoms with E-state index in [1.165, 1.54) is 24.6 Å². The summed E-state index contributed by atoms with van der Waals surface area (Å²) in [7, 11) is 7.35. The fraction of sp³-hybridized carbons (Fsp3) is 0.525. The van der Waals surface area contributed by atoms with Gasteiger partial charge in [0.05, 0.1) is 25.6 Å². The Morgan fingerprint density at radius 2 is 1.16 bits per heavy atom. The van der Waals surface area contributed by atoms with Crippen molar-refractivity contribution in [2.75, 3.05) is 110 Å². The molecule has 6 aliphatic heterocycles. The molecule has 0 N–H and O–H groups in total. The van der Waals surface area contributed by atoms with Crippen LogP contribution in [0.4, 0.5) is 20.4 Å². The van der Waals surface area contributed by atoms with Crippen molar-refractivity contribution in [3.63, 3.8) is 0 Å². The van der Waals surface area contributed by atoms with Crippen LogP contribution in [-0.4, -0.2) is 174 Å². The molecule has 8 heterocycles. The Morgan fingerprint density at radius 1 is 0.667 bits per heavy atom. The molecule has 0 unspecified atom stereocenters. The SMILES string of the molecule is C=CC(=O)Cl.[C-]#[N+]C[C@@H]1CCCN(c2nc(OC[C@@H]3CCCN3C)nc3c2CN(Cc2c(F)cccc2OC)C3)C1.[C-]#[N+]C[C@H]1CN(c2nc(OC[C@@H]3CCCN3C)nc3c2CN(Cc2c(F)cccc2OC)C3)CCN1C(=O)C=C. The number of allylic oxidation sites excluding steroid dienone is 1. The highest BCUT2D eigenvalue weighted by molar-refractivity contribution is 6.66. The fourth-order valence-corrected chi connectivity index (χ4v) is 11.6. The molecule has 1 amide bonds. The Kier molecular flexibility index (Phi) is 21.2. The number of aromatic nitrogens is 4. The Morgan fingerprint density at radius 3 is 1.60 bits per heavy atom. The number of carbonyl (C=O) groups excluding carboxylic acids is 2. The van der Waals surface area contributed by atoms with Crippen LogP contribution >= 0.6 is 11.6 Å². The number of piperidine rings is 1. The van der Waals surface area contributed by atoms with Crippen LogP contribution in [0.1, 0.15) is 72.2 Å². The minimum absolute atomic E-state index is 0.170. The lowest BCUT2D eigenvalue weighted by molar-refractivity contribution is -0.128. The van der Waals surface area contributed by atoms with Gasteiger partial charge in [-0.25, -0.2) is 21.9 Å². The van der Waals surface area contributed by atoms with Gasteiger partial charge in [0.25, 0.3) is 0 Å². The molecule has 4 fully saturated rings. The Labute approximate surface area is 479 Å². The van der Waals surface area contributed by atoms with Crippen LogP contribution < -0.4 is 28.7 Å². The topological polar surface area (TPSA) is 154 Å². The number of benzene rings is 2. The van der Waals surface area contributed by atoms with Crippen LogP contribution in [0.3, 0.4) is 0 Å². The van der Waals surface area contributed by atoms with Crippen LogP contribution in [0.15, 0.2) is 61.7 Å². The number of likely N-dealkylation sites (N-methyl/N-ethyl adjacent to an activating group) is 2. The van der Waals surface area contributed by atoms with Crippen molar-refractivity contribution in [3.8, 4) is 23.5 Å². The molecule has 0 bridgehead atoms. The number of rotatable bonds is 18. The Hall–Kier alpha value is -7.01. The van der Waals surface area contributed by atoms with E-state index in [2.05, 4.69) is 66.3 Å². The molecular formula is C59H74ClF2N13O6. The number of fused-ring (bicyclic) bond motifs is 2. The van der Waals surface area contributed by atoms with E-state index in [-0.39, 0.29) is 30.1 Å². The van der Waals surface area contributed by atoms with Crippen molar-refractivity contribution in [1.29, 1.82) is 0 Å². The first kappa shape index (κ1) is 60.1. The van der Waals surface area contributed by atoms with Gasteiger partial charge in [0.1, 0.15) is 54.0 Å². The highest BCUT2D eigenvalue weighted by Gasteiger charge is 2.37. The summed E-state index contributed by atoms with van der Waals surface area (Å²) in [6.07, 6.45) is 8.98. The molecular weight excluding hydrogens is 1060 g/mol. The molecule has 432 valence electrons. The lowest BCUT2D eigenvalue weighted by atomic mass is 9.98. The smallest absolute Gasteiger partial charge is 0.318 e. The Balaban J connectivity index is 0.000000197. The van der Waals surface area contributed by atoms with E-state index in [9.17, 15) is 18.4 Å². The minimum Gasteiger partial charge on any atom is -0.496 e. The maximum absolute atomic E-state index is 14.7. The number of hydrogen-bond acceptors (Lipinski definition) is 16. The second-order valence-electron chi connectivity index (χ2n) is 21.3. The van der Waals surface area contributed by atoms with Crippen LogP contribution in [0, 0.1) is 30.7 Å². The third kappa shape index (κ3) is 15.1. The highest BCUT2D eigenvalue weighted by atomic mass is 35.5. The lowest BCUT2D eigenvalue weighted by Crippen LogP contribution is -2.56. The molecule has 0 spiro atoms. The number of hydrogen-bond donors (Lipinski definition) is 0. The summed E-state index contributed by atoms with van der Waals surface area (Å²) in [5.41, 5.74) is 4.89. The van der Waals surface area contributed by atoms with Gasteiger partial charge in [0, 0.05) is 112 Å². The van der Waals surface area contributed by atoms with Gasteiger partial charge in [-0.3, -0.25) is 19.4 Å². The van der Waals surface area contributed by atoms with Gasteiger partial charge in [0.15, 0.2) is 0 Å². The van der Waals surface area contributed by atoms with Crippen LogP contribution in [0.5, 0.6) is 23.5 Å². The third-order valence-corrected chi connectivity index (χ3v) is 16.1. The van der Waals surface area contributed by atoms with E-state index in [1.807, 2.05) is 0 Å². The van der Waals surface area contributed by atoms with Crippen molar-refractivity contribution >= 4 is 34.4 Å². The number of halogens is 3. The molecule has 4 saturated heterocycles. The number of piperazine rings is 1. The molecule has 0 aliphatic carbocycles. The molecule has 2 aromatic heterocycles. The van der Waals surface area contributed by atoms with E-state index < -0.39 is 5.24 Å². The van der Waals surface area contributed by atoms with Gasteiger partial charge in [-0.05, 0) is 114 Å². The van der Waals surface area contributed by atoms with Gasteiger partial charge in [-0.15, -0.1) is 0 Å². The monoisotopic (exact) mass is 1130 g/mol. The van der Waals surface area contributed by atoms with Crippen molar-refractivity contribution in [1.82, 2.24) is 44.4 Å². The maximum atomic E-state index is 14.7. The van der Waals surface area contributed by atoms with E-state index in [4.69, 9.17) is 63.6 Å². The maximum Gasteiger partial charge on any atom is 0.318 e. The highest BCUT2D eigenvalue weighted by Crippen LogP contribution is 2.37. The molecule has 4 atom stereocenters. The van der Waals surface area contributed by atoms with Gasteiger partial charge in [0.2, 0.25) is 24.2 Å². The largest absolute Gasteiger partial charge is 0.496 e. The zero-order valence-electron chi connectivity index (χ0n) is 47.0. The summed E-state index contributed by atoms with van der Waals surface area (Å²) >= 11 is 4.71. The fourth-order valence-electron chi connectivity index (χ4n) is 11.6. The predicted molar refractivity (Wildman–Crippen MR) is 305 cm³/mol. The number of anilines is 2. The normalized spacial score (nSPS) is 20.9. The van der Waals surface area contributed by atoms with Gasteiger partial charge < -0.3 is 53.1 Å². The summed E-state index contributed by atoms with van der Waals surface area (Å²) < 4.78 is 52.6. The molecule has 10 rings (SSSR count). The molecule has 19 nitrogen and oxygen atoms in total.